The van der Waals surface area contributed by atoms with Crippen molar-refractivity contribution in [1.82, 2.24) is 9.80 Å². The largest absolute Gasteiger partial charge is 0.444 e. The normalized spacial score (nSPS) is 17.9. The van der Waals surface area contributed by atoms with Gasteiger partial charge in [0.15, 0.2) is 0 Å². The molecule has 0 saturated carbocycles. The first-order valence-electron chi connectivity index (χ1n) is 7.78. The molecule has 1 saturated heterocycles. The van der Waals surface area contributed by atoms with Crippen LogP contribution in [0, 0.1) is 0 Å². The molecule has 0 radical (unpaired) electrons. The Kier molecular flexibility index (Phi) is 4.82. The van der Waals surface area contributed by atoms with Gasteiger partial charge < -0.3 is 20.3 Å². The van der Waals surface area contributed by atoms with Gasteiger partial charge in [-0.25, -0.2) is 4.79 Å². The van der Waals surface area contributed by atoms with Gasteiger partial charge >= 0.3 is 6.09 Å². The van der Waals surface area contributed by atoms with Gasteiger partial charge in [0, 0.05) is 31.4 Å². The van der Waals surface area contributed by atoms with Crippen LogP contribution in [0.15, 0.2) is 24.3 Å². The van der Waals surface area contributed by atoms with Crippen molar-refractivity contribution in [1.29, 1.82) is 0 Å². The van der Waals surface area contributed by atoms with Crippen LogP contribution < -0.4 is 5.73 Å². The molecule has 0 unspecified atom stereocenters. The van der Waals surface area contributed by atoms with Gasteiger partial charge in [-0.15, -0.1) is 0 Å². The first kappa shape index (κ1) is 17.1. The standard InChI is InChI=1S/C17H25N3O3/c1-17(2,3)23-16(22)19(4)14-9-10-20(11-14)15(21)12-5-7-13(18)8-6-12/h5-8,14H,9-11,18H2,1-4H3/t14-/m0/s1. The lowest BCUT2D eigenvalue weighted by molar-refractivity contribution is 0.0226. The van der Waals surface area contributed by atoms with Crippen molar-refractivity contribution in [3.8, 4) is 0 Å². The number of anilines is 1. The number of benzene rings is 1. The van der Waals surface area contributed by atoms with Crippen LogP contribution in [0.4, 0.5) is 10.5 Å². The van der Waals surface area contributed by atoms with Gasteiger partial charge in [0.25, 0.3) is 5.91 Å². The van der Waals surface area contributed by atoms with Crippen LogP contribution in [-0.2, 0) is 4.74 Å². The minimum atomic E-state index is -0.524. The van der Waals surface area contributed by atoms with Crippen LogP contribution >= 0.6 is 0 Å². The smallest absolute Gasteiger partial charge is 0.410 e. The van der Waals surface area contributed by atoms with E-state index in [1.54, 1.807) is 41.1 Å². The number of nitrogens with zero attached hydrogens (tertiary/aromatic N) is 2. The lowest BCUT2D eigenvalue weighted by Gasteiger charge is -2.28. The number of likely N-dealkylation sites (tertiary alicyclic amines) is 1. The molecule has 1 fully saturated rings. The topological polar surface area (TPSA) is 75.9 Å². The first-order chi connectivity index (χ1) is 10.7. The van der Waals surface area contributed by atoms with Crippen LogP contribution in [0.5, 0.6) is 0 Å². The highest BCUT2D eigenvalue weighted by Gasteiger charge is 2.33. The number of nitrogen functional groups attached to an aromatic ring is 1. The maximum absolute atomic E-state index is 12.5. The Morgan fingerprint density at radius 2 is 1.87 bits per heavy atom. The maximum atomic E-state index is 12.5. The Morgan fingerprint density at radius 1 is 1.26 bits per heavy atom. The van der Waals surface area contributed by atoms with E-state index in [2.05, 4.69) is 0 Å². The molecule has 1 aromatic rings. The molecule has 1 heterocycles. The molecule has 23 heavy (non-hydrogen) atoms. The lowest BCUT2D eigenvalue weighted by atomic mass is 10.2. The zero-order valence-electron chi connectivity index (χ0n) is 14.2. The molecule has 1 aliphatic heterocycles. The molecule has 1 aliphatic rings. The fraction of sp³-hybridized carbons (Fsp3) is 0.529. The molecule has 126 valence electrons. The number of likely N-dealkylation sites (N-methyl/N-ethyl adjacent to an activating group) is 1. The van der Waals surface area contributed by atoms with Gasteiger partial charge in [-0.1, -0.05) is 0 Å². The molecule has 2 rings (SSSR count). The fourth-order valence-electron chi connectivity index (χ4n) is 2.53. The monoisotopic (exact) mass is 319 g/mol. The maximum Gasteiger partial charge on any atom is 0.410 e. The van der Waals surface area contributed by atoms with E-state index < -0.39 is 5.60 Å². The summed E-state index contributed by atoms with van der Waals surface area (Å²) in [6, 6.07) is 6.86. The summed E-state index contributed by atoms with van der Waals surface area (Å²) in [6.07, 6.45) is 0.389. The number of rotatable bonds is 2. The molecule has 6 heteroatoms. The third-order valence-corrected chi connectivity index (χ3v) is 3.84. The van der Waals surface area contributed by atoms with Crippen molar-refractivity contribution in [2.75, 3.05) is 25.9 Å². The summed E-state index contributed by atoms with van der Waals surface area (Å²) >= 11 is 0. The molecular weight excluding hydrogens is 294 g/mol. The Morgan fingerprint density at radius 3 is 2.43 bits per heavy atom. The fourth-order valence-corrected chi connectivity index (χ4v) is 2.53. The molecule has 2 amide bonds. The average Bonchev–Trinajstić information content (AvgIpc) is 2.94. The molecule has 0 aliphatic carbocycles. The second-order valence-electron chi connectivity index (χ2n) is 6.91. The molecule has 0 aromatic heterocycles. The second kappa shape index (κ2) is 6.48. The van der Waals surface area contributed by atoms with Gasteiger partial charge in [0.2, 0.25) is 0 Å². The summed E-state index contributed by atoms with van der Waals surface area (Å²) in [5, 5.41) is 0. The molecule has 0 bridgehead atoms. The van der Waals surface area contributed by atoms with Crippen LogP contribution in [0.3, 0.4) is 0 Å². The zero-order chi connectivity index (χ0) is 17.2. The van der Waals surface area contributed by atoms with Crippen molar-refractivity contribution in [3.63, 3.8) is 0 Å². The van der Waals surface area contributed by atoms with Crippen molar-refractivity contribution in [2.45, 2.75) is 38.8 Å². The van der Waals surface area contributed by atoms with Crippen molar-refractivity contribution < 1.29 is 14.3 Å². The molecular formula is C17H25N3O3. The summed E-state index contributed by atoms with van der Waals surface area (Å²) in [5.74, 6) is -0.0370. The Bertz CT molecular complexity index is 578. The molecule has 0 spiro atoms. The number of nitrogens with two attached hydrogens (primary N) is 1. The minimum Gasteiger partial charge on any atom is -0.444 e. The van der Waals surface area contributed by atoms with E-state index in [0.29, 0.717) is 24.3 Å². The highest BCUT2D eigenvalue weighted by atomic mass is 16.6. The number of carbonyl (C=O) groups is 2. The molecule has 6 nitrogen and oxygen atoms in total. The van der Waals surface area contributed by atoms with Crippen molar-refractivity contribution >= 4 is 17.7 Å². The van der Waals surface area contributed by atoms with Crippen molar-refractivity contribution in [3.05, 3.63) is 29.8 Å². The third kappa shape index (κ3) is 4.37. The number of amides is 2. The molecule has 2 N–H and O–H groups in total. The van der Waals surface area contributed by atoms with E-state index in [1.807, 2.05) is 20.8 Å². The second-order valence-corrected chi connectivity index (χ2v) is 6.91. The zero-order valence-corrected chi connectivity index (χ0v) is 14.2. The van der Waals surface area contributed by atoms with Crippen LogP contribution in [-0.4, -0.2) is 53.6 Å². The average molecular weight is 319 g/mol. The van der Waals surface area contributed by atoms with Gasteiger partial charge in [-0.2, -0.15) is 0 Å². The first-order valence-corrected chi connectivity index (χ1v) is 7.78. The summed E-state index contributed by atoms with van der Waals surface area (Å²) in [7, 11) is 1.72. The van der Waals surface area contributed by atoms with Gasteiger partial charge in [-0.3, -0.25) is 4.79 Å². The SMILES string of the molecule is CN(C(=O)OC(C)(C)C)[C@H]1CCN(C(=O)c2ccc(N)cc2)C1. The quantitative estimate of drug-likeness (QED) is 0.849. The third-order valence-electron chi connectivity index (χ3n) is 3.84. The van der Waals surface area contributed by atoms with Gasteiger partial charge in [0.05, 0.1) is 6.04 Å². The van der Waals surface area contributed by atoms with E-state index in [1.165, 1.54) is 0 Å². The van der Waals surface area contributed by atoms with Gasteiger partial charge in [0.1, 0.15) is 5.60 Å². The molecule has 1 atom stereocenters. The number of ether oxygens (including phenoxy) is 1. The van der Waals surface area contributed by atoms with Crippen molar-refractivity contribution in [2.24, 2.45) is 0 Å². The Balaban J connectivity index is 1.96. The highest BCUT2D eigenvalue weighted by Crippen LogP contribution is 2.20. The Hall–Kier alpha value is -2.24. The summed E-state index contributed by atoms with van der Waals surface area (Å²) in [6.45, 7) is 6.65. The highest BCUT2D eigenvalue weighted by molar-refractivity contribution is 5.94. The summed E-state index contributed by atoms with van der Waals surface area (Å²) in [4.78, 5) is 27.9. The summed E-state index contributed by atoms with van der Waals surface area (Å²) in [5.41, 5.74) is 6.36. The number of carbonyl (C=O) groups excluding carboxylic acids is 2. The van der Waals surface area contributed by atoms with E-state index in [9.17, 15) is 9.59 Å². The van der Waals surface area contributed by atoms with E-state index >= 15 is 0 Å². The lowest BCUT2D eigenvalue weighted by Crippen LogP contribution is -2.42. The minimum absolute atomic E-state index is 0.0254. The Labute approximate surface area is 137 Å². The summed E-state index contributed by atoms with van der Waals surface area (Å²) < 4.78 is 5.38. The van der Waals surface area contributed by atoms with Gasteiger partial charge in [-0.05, 0) is 51.5 Å². The van der Waals surface area contributed by atoms with Crippen LogP contribution in [0.1, 0.15) is 37.6 Å². The van der Waals surface area contributed by atoms with E-state index in [0.717, 1.165) is 6.42 Å². The van der Waals surface area contributed by atoms with E-state index in [4.69, 9.17) is 10.5 Å². The predicted molar refractivity (Wildman–Crippen MR) is 89.2 cm³/mol. The number of hydrogen-bond donors (Lipinski definition) is 1. The predicted octanol–water partition coefficient (Wildman–Crippen LogP) is 2.35. The van der Waals surface area contributed by atoms with Crippen LogP contribution in [0.2, 0.25) is 0 Å². The van der Waals surface area contributed by atoms with Crippen LogP contribution in [0.25, 0.3) is 0 Å². The number of hydrogen-bond acceptors (Lipinski definition) is 4. The van der Waals surface area contributed by atoms with E-state index in [-0.39, 0.29) is 18.0 Å². The molecule has 1 aromatic carbocycles.